The molecular formula is C17H14FNO3. The second-order valence-electron chi connectivity index (χ2n) is 5.08. The fourth-order valence-corrected chi connectivity index (χ4v) is 2.34. The Labute approximate surface area is 126 Å². The summed E-state index contributed by atoms with van der Waals surface area (Å²) in [4.78, 5) is 24.1. The van der Waals surface area contributed by atoms with Crippen LogP contribution in [0.5, 0.6) is 5.75 Å². The standard InChI is InChI=1S/C17H14FNO3/c18-12-6-7-15-13(8-12)14(20)9-16(22-15)17(21)19-10-11-4-2-1-3-5-11/h1-8,16H,9-10H2,(H,19,21)/t16-/m0/s1. The van der Waals surface area contributed by atoms with E-state index in [2.05, 4.69) is 5.32 Å². The van der Waals surface area contributed by atoms with Crippen LogP contribution < -0.4 is 10.1 Å². The molecule has 0 aromatic heterocycles. The molecule has 1 amide bonds. The smallest absolute Gasteiger partial charge is 0.261 e. The third-order valence-corrected chi connectivity index (χ3v) is 3.48. The van der Waals surface area contributed by atoms with Gasteiger partial charge in [-0.25, -0.2) is 4.39 Å². The second kappa shape index (κ2) is 5.97. The van der Waals surface area contributed by atoms with E-state index in [0.717, 1.165) is 11.6 Å². The maximum Gasteiger partial charge on any atom is 0.261 e. The van der Waals surface area contributed by atoms with Crippen molar-refractivity contribution >= 4 is 11.7 Å². The van der Waals surface area contributed by atoms with Gasteiger partial charge in [0.05, 0.1) is 12.0 Å². The summed E-state index contributed by atoms with van der Waals surface area (Å²) in [6.45, 7) is 0.365. The van der Waals surface area contributed by atoms with E-state index >= 15 is 0 Å². The molecule has 1 atom stereocenters. The molecule has 22 heavy (non-hydrogen) atoms. The summed E-state index contributed by atoms with van der Waals surface area (Å²) in [5, 5.41) is 2.74. The van der Waals surface area contributed by atoms with Gasteiger partial charge in [-0.3, -0.25) is 9.59 Å². The van der Waals surface area contributed by atoms with Crippen LogP contribution in [0.1, 0.15) is 22.3 Å². The third kappa shape index (κ3) is 2.98. The van der Waals surface area contributed by atoms with Crippen LogP contribution in [-0.2, 0) is 11.3 Å². The molecule has 0 saturated heterocycles. The summed E-state index contributed by atoms with van der Waals surface area (Å²) in [7, 11) is 0. The molecule has 0 fully saturated rings. The van der Waals surface area contributed by atoms with Gasteiger partial charge in [0.1, 0.15) is 11.6 Å². The Hall–Kier alpha value is -2.69. The molecule has 2 aromatic carbocycles. The van der Waals surface area contributed by atoms with Gasteiger partial charge in [-0.1, -0.05) is 30.3 Å². The van der Waals surface area contributed by atoms with E-state index < -0.39 is 11.9 Å². The number of hydrogen-bond acceptors (Lipinski definition) is 3. The second-order valence-corrected chi connectivity index (χ2v) is 5.08. The fourth-order valence-electron chi connectivity index (χ4n) is 2.34. The van der Waals surface area contributed by atoms with Gasteiger partial charge >= 0.3 is 0 Å². The van der Waals surface area contributed by atoms with Crippen LogP contribution in [0, 0.1) is 5.82 Å². The van der Waals surface area contributed by atoms with Gasteiger partial charge in [0.25, 0.3) is 5.91 Å². The molecule has 3 rings (SSSR count). The third-order valence-electron chi connectivity index (χ3n) is 3.48. The average molecular weight is 299 g/mol. The molecule has 1 heterocycles. The number of benzene rings is 2. The molecule has 0 bridgehead atoms. The lowest BCUT2D eigenvalue weighted by Crippen LogP contribution is -2.41. The summed E-state index contributed by atoms with van der Waals surface area (Å²) in [5.41, 5.74) is 1.15. The number of Topliss-reactive ketones (excluding diaryl/α,β-unsaturated/α-hetero) is 1. The van der Waals surface area contributed by atoms with E-state index in [1.165, 1.54) is 12.1 Å². The molecular weight excluding hydrogens is 285 g/mol. The number of carbonyl (C=O) groups is 2. The van der Waals surface area contributed by atoms with Crippen LogP contribution >= 0.6 is 0 Å². The van der Waals surface area contributed by atoms with E-state index in [1.807, 2.05) is 30.3 Å². The highest BCUT2D eigenvalue weighted by Gasteiger charge is 2.31. The first-order valence-corrected chi connectivity index (χ1v) is 6.94. The molecule has 0 spiro atoms. The van der Waals surface area contributed by atoms with Crippen LogP contribution in [-0.4, -0.2) is 17.8 Å². The molecule has 1 N–H and O–H groups in total. The maximum atomic E-state index is 13.1. The van der Waals surface area contributed by atoms with E-state index in [9.17, 15) is 14.0 Å². The number of hydrogen-bond donors (Lipinski definition) is 1. The van der Waals surface area contributed by atoms with Crippen LogP contribution in [0.15, 0.2) is 48.5 Å². The summed E-state index contributed by atoms with van der Waals surface area (Å²) in [5.74, 6) is -0.895. The van der Waals surface area contributed by atoms with Crippen LogP contribution in [0.4, 0.5) is 4.39 Å². The summed E-state index contributed by atoms with van der Waals surface area (Å²) in [6.07, 6.45) is -0.967. The van der Waals surface area contributed by atoms with Gasteiger partial charge in [0.15, 0.2) is 11.9 Å². The Morgan fingerprint density at radius 2 is 2.00 bits per heavy atom. The lowest BCUT2D eigenvalue weighted by molar-refractivity contribution is -0.128. The first-order chi connectivity index (χ1) is 10.6. The average Bonchev–Trinajstić information content (AvgIpc) is 2.54. The molecule has 0 saturated carbocycles. The first-order valence-electron chi connectivity index (χ1n) is 6.94. The quantitative estimate of drug-likeness (QED) is 0.947. The molecule has 0 aliphatic carbocycles. The lowest BCUT2D eigenvalue weighted by atomic mass is 10.00. The number of ketones is 1. The SMILES string of the molecule is O=C1C[C@@H](C(=O)NCc2ccccc2)Oc2ccc(F)cc21. The highest BCUT2D eigenvalue weighted by Crippen LogP contribution is 2.28. The Bertz CT molecular complexity index is 715. The zero-order chi connectivity index (χ0) is 15.5. The highest BCUT2D eigenvalue weighted by molar-refractivity contribution is 6.03. The van der Waals surface area contributed by atoms with E-state index in [-0.39, 0.29) is 29.4 Å². The molecule has 4 nitrogen and oxygen atoms in total. The number of fused-ring (bicyclic) bond motifs is 1. The van der Waals surface area contributed by atoms with Crippen molar-refractivity contribution < 1.29 is 18.7 Å². The van der Waals surface area contributed by atoms with Crippen molar-refractivity contribution in [2.45, 2.75) is 19.1 Å². The summed E-state index contributed by atoms with van der Waals surface area (Å²) >= 11 is 0. The summed E-state index contributed by atoms with van der Waals surface area (Å²) in [6, 6.07) is 13.2. The Morgan fingerprint density at radius 3 is 2.77 bits per heavy atom. The number of ether oxygens (including phenoxy) is 1. The number of rotatable bonds is 3. The van der Waals surface area contributed by atoms with Crippen LogP contribution in [0.2, 0.25) is 0 Å². The van der Waals surface area contributed by atoms with Crippen LogP contribution in [0.3, 0.4) is 0 Å². The number of carbonyl (C=O) groups excluding carboxylic acids is 2. The summed E-state index contributed by atoms with van der Waals surface area (Å²) < 4.78 is 18.7. The van der Waals surface area contributed by atoms with Gasteiger partial charge < -0.3 is 10.1 Å². The zero-order valence-electron chi connectivity index (χ0n) is 11.7. The van der Waals surface area contributed by atoms with Crippen molar-refractivity contribution in [1.82, 2.24) is 5.32 Å². The molecule has 2 aromatic rings. The van der Waals surface area contributed by atoms with Crippen molar-refractivity contribution in [1.29, 1.82) is 0 Å². The van der Waals surface area contributed by atoms with Gasteiger partial charge in [-0.05, 0) is 23.8 Å². The van der Waals surface area contributed by atoms with Gasteiger partial charge in [0, 0.05) is 6.54 Å². The molecule has 0 unspecified atom stereocenters. The van der Waals surface area contributed by atoms with Crippen molar-refractivity contribution in [3.05, 3.63) is 65.5 Å². The number of nitrogens with one attached hydrogen (secondary N) is 1. The van der Waals surface area contributed by atoms with Crippen molar-refractivity contribution in [3.63, 3.8) is 0 Å². The number of amides is 1. The van der Waals surface area contributed by atoms with Crippen LogP contribution in [0.25, 0.3) is 0 Å². The molecule has 1 aliphatic rings. The predicted molar refractivity (Wildman–Crippen MR) is 78.1 cm³/mol. The fraction of sp³-hybridized carbons (Fsp3) is 0.176. The van der Waals surface area contributed by atoms with Gasteiger partial charge in [0.2, 0.25) is 0 Å². The highest BCUT2D eigenvalue weighted by atomic mass is 19.1. The largest absolute Gasteiger partial charge is 0.479 e. The normalized spacial score (nSPS) is 16.6. The number of halogens is 1. The molecule has 1 aliphatic heterocycles. The van der Waals surface area contributed by atoms with Crippen molar-refractivity contribution in [3.8, 4) is 5.75 Å². The maximum absolute atomic E-state index is 13.1. The Balaban J connectivity index is 1.67. The minimum absolute atomic E-state index is 0.0862. The molecule has 112 valence electrons. The minimum atomic E-state index is -0.880. The molecule has 5 heteroatoms. The monoisotopic (exact) mass is 299 g/mol. The van der Waals surface area contributed by atoms with E-state index in [1.54, 1.807) is 0 Å². The van der Waals surface area contributed by atoms with E-state index in [4.69, 9.17) is 4.74 Å². The van der Waals surface area contributed by atoms with Crippen molar-refractivity contribution in [2.24, 2.45) is 0 Å². The van der Waals surface area contributed by atoms with Crippen molar-refractivity contribution in [2.75, 3.05) is 0 Å². The lowest BCUT2D eigenvalue weighted by Gasteiger charge is -2.24. The zero-order valence-corrected chi connectivity index (χ0v) is 11.7. The van der Waals surface area contributed by atoms with E-state index in [0.29, 0.717) is 6.54 Å². The topological polar surface area (TPSA) is 55.4 Å². The Kier molecular flexibility index (Phi) is 3.87. The first kappa shape index (κ1) is 14.3. The van der Waals surface area contributed by atoms with Gasteiger partial charge in [-0.2, -0.15) is 0 Å². The molecule has 0 radical (unpaired) electrons. The van der Waals surface area contributed by atoms with Gasteiger partial charge in [-0.15, -0.1) is 0 Å². The predicted octanol–water partition coefficient (Wildman–Crippen LogP) is 2.48. The minimum Gasteiger partial charge on any atom is -0.479 e. The Morgan fingerprint density at radius 1 is 1.23 bits per heavy atom.